The molecule has 3 saturated carbocycles. The molecule has 3 fully saturated rings. The van der Waals surface area contributed by atoms with Gasteiger partial charge >= 0.3 is 5.97 Å². The second-order valence-electron chi connectivity index (χ2n) is 9.44. The number of carbonyl (C=O) groups is 1. The first-order valence-corrected chi connectivity index (χ1v) is 10.6. The third-order valence-corrected chi connectivity index (χ3v) is 8.34. The minimum absolute atomic E-state index is 0.0960. The zero-order valence-electron chi connectivity index (χ0n) is 15.6. The van der Waals surface area contributed by atoms with E-state index >= 15 is 0 Å². The molecule has 8 unspecified atom stereocenters. The van der Waals surface area contributed by atoms with Gasteiger partial charge in [-0.25, -0.2) is 0 Å². The second-order valence-corrected chi connectivity index (χ2v) is 9.44. The summed E-state index contributed by atoms with van der Waals surface area (Å²) < 4.78 is 0. The molecule has 140 valence electrons. The Bertz CT molecular complexity index is 539. The third-order valence-electron chi connectivity index (χ3n) is 8.34. The largest absolute Gasteiger partial charge is 0.481 e. The van der Waals surface area contributed by atoms with E-state index in [1.807, 2.05) is 0 Å². The summed E-state index contributed by atoms with van der Waals surface area (Å²) in [5, 5.41) is 19.0. The summed E-state index contributed by atoms with van der Waals surface area (Å²) in [6, 6.07) is 0. The van der Waals surface area contributed by atoms with Crippen molar-refractivity contribution < 1.29 is 15.0 Å². The van der Waals surface area contributed by atoms with Crippen molar-refractivity contribution in [1.29, 1.82) is 0 Å². The topological polar surface area (TPSA) is 57.5 Å². The number of carboxylic acid groups (broad SMARTS) is 1. The number of aliphatic hydroxyl groups is 1. The molecular weight excluding hydrogens is 312 g/mol. The van der Waals surface area contributed by atoms with Crippen LogP contribution in [0.1, 0.15) is 71.1 Å². The average Bonchev–Trinajstić information content (AvgIpc) is 3.03. The summed E-state index contributed by atoms with van der Waals surface area (Å²) in [5.74, 6) is 4.86. The van der Waals surface area contributed by atoms with Crippen LogP contribution in [0.5, 0.6) is 0 Å². The molecule has 0 saturated heterocycles. The summed E-state index contributed by atoms with van der Waals surface area (Å²) in [7, 11) is 0. The molecule has 0 aromatic heterocycles. The molecule has 0 heterocycles. The van der Waals surface area contributed by atoms with E-state index in [-0.39, 0.29) is 6.10 Å². The van der Waals surface area contributed by atoms with E-state index in [9.17, 15) is 9.90 Å². The molecule has 0 aromatic carbocycles. The second kappa shape index (κ2) is 7.06. The minimum Gasteiger partial charge on any atom is -0.481 e. The summed E-state index contributed by atoms with van der Waals surface area (Å²) >= 11 is 0. The van der Waals surface area contributed by atoms with Crippen LogP contribution in [-0.4, -0.2) is 22.3 Å². The highest BCUT2D eigenvalue weighted by Crippen LogP contribution is 2.58. The molecule has 4 rings (SSSR count). The number of aliphatic carboxylic acids is 1. The molecule has 8 atom stereocenters. The molecule has 0 spiro atoms. The van der Waals surface area contributed by atoms with Crippen molar-refractivity contribution in [3.63, 3.8) is 0 Å². The van der Waals surface area contributed by atoms with Crippen LogP contribution in [0, 0.1) is 41.4 Å². The lowest BCUT2D eigenvalue weighted by atomic mass is 9.56. The van der Waals surface area contributed by atoms with E-state index in [0.29, 0.717) is 12.3 Å². The highest BCUT2D eigenvalue weighted by atomic mass is 16.4. The van der Waals surface area contributed by atoms with Crippen LogP contribution >= 0.6 is 0 Å². The fourth-order valence-corrected chi connectivity index (χ4v) is 7.22. The zero-order chi connectivity index (χ0) is 17.6. The number of allylic oxidation sites excluding steroid dienone is 1. The van der Waals surface area contributed by atoms with Crippen molar-refractivity contribution in [2.75, 3.05) is 0 Å². The maximum Gasteiger partial charge on any atom is 0.303 e. The van der Waals surface area contributed by atoms with Crippen molar-refractivity contribution in [3.8, 4) is 0 Å². The molecule has 0 radical (unpaired) electrons. The molecule has 0 amide bonds. The number of hydrogen-bond acceptors (Lipinski definition) is 2. The van der Waals surface area contributed by atoms with Gasteiger partial charge in [-0.05, 0) is 99.2 Å². The van der Waals surface area contributed by atoms with E-state index in [4.69, 9.17) is 5.11 Å². The Morgan fingerprint density at radius 3 is 2.64 bits per heavy atom. The molecule has 4 aliphatic rings. The minimum atomic E-state index is -0.644. The molecule has 25 heavy (non-hydrogen) atoms. The Morgan fingerprint density at radius 2 is 1.84 bits per heavy atom. The Morgan fingerprint density at radius 1 is 1.08 bits per heavy atom. The summed E-state index contributed by atoms with van der Waals surface area (Å²) in [4.78, 5) is 10.9. The summed E-state index contributed by atoms with van der Waals surface area (Å²) in [6.07, 6.45) is 13.4. The van der Waals surface area contributed by atoms with Crippen molar-refractivity contribution >= 4 is 5.97 Å². The smallest absolute Gasteiger partial charge is 0.303 e. The van der Waals surface area contributed by atoms with Crippen LogP contribution in [0.25, 0.3) is 0 Å². The highest BCUT2D eigenvalue weighted by molar-refractivity contribution is 5.66. The lowest BCUT2D eigenvalue weighted by Gasteiger charge is -2.50. The van der Waals surface area contributed by atoms with Gasteiger partial charge in [-0.15, -0.1) is 0 Å². The normalized spacial score (nSPS) is 44.2. The van der Waals surface area contributed by atoms with E-state index < -0.39 is 5.97 Å². The Balaban J connectivity index is 1.44. The molecule has 0 aromatic rings. The molecule has 3 nitrogen and oxygen atoms in total. The van der Waals surface area contributed by atoms with Crippen molar-refractivity contribution in [3.05, 3.63) is 11.6 Å². The van der Waals surface area contributed by atoms with E-state index in [1.54, 1.807) is 5.57 Å². The Hall–Kier alpha value is -0.830. The monoisotopic (exact) mass is 346 g/mol. The number of hydrogen-bond donors (Lipinski definition) is 2. The highest BCUT2D eigenvalue weighted by Gasteiger charge is 2.50. The maximum atomic E-state index is 10.9. The SMILES string of the molecule is CC(CCC(=O)O)C1CCC2C1CCC1C3CCC(O)CC3=CCC12. The molecule has 2 N–H and O–H groups in total. The van der Waals surface area contributed by atoms with E-state index in [2.05, 4.69) is 13.0 Å². The number of aliphatic hydroxyl groups excluding tert-OH is 1. The van der Waals surface area contributed by atoms with Crippen LogP contribution < -0.4 is 0 Å². The van der Waals surface area contributed by atoms with E-state index in [1.165, 1.54) is 38.5 Å². The number of carboxylic acids is 1. The fourth-order valence-electron chi connectivity index (χ4n) is 7.22. The molecular formula is C22H34O3. The number of fused-ring (bicyclic) bond motifs is 5. The lowest BCUT2D eigenvalue weighted by Crippen LogP contribution is -2.42. The number of rotatable bonds is 4. The Labute approximate surface area is 151 Å². The first-order valence-electron chi connectivity index (χ1n) is 10.6. The summed E-state index contributed by atoms with van der Waals surface area (Å²) in [5.41, 5.74) is 1.57. The average molecular weight is 347 g/mol. The first kappa shape index (κ1) is 17.6. The van der Waals surface area contributed by atoms with Gasteiger partial charge in [0, 0.05) is 6.42 Å². The van der Waals surface area contributed by atoms with Crippen molar-refractivity contribution in [1.82, 2.24) is 0 Å². The van der Waals surface area contributed by atoms with Crippen LogP contribution in [0.3, 0.4) is 0 Å². The van der Waals surface area contributed by atoms with Crippen molar-refractivity contribution in [2.45, 2.75) is 77.2 Å². The molecule has 0 aliphatic heterocycles. The quantitative estimate of drug-likeness (QED) is 0.729. The zero-order valence-corrected chi connectivity index (χ0v) is 15.6. The van der Waals surface area contributed by atoms with Crippen LogP contribution in [0.4, 0.5) is 0 Å². The fraction of sp³-hybridized carbons (Fsp3) is 0.864. The van der Waals surface area contributed by atoms with Gasteiger partial charge < -0.3 is 10.2 Å². The molecule has 0 bridgehead atoms. The van der Waals surface area contributed by atoms with Gasteiger partial charge in [0.2, 0.25) is 0 Å². The summed E-state index contributed by atoms with van der Waals surface area (Å²) in [6.45, 7) is 2.30. The van der Waals surface area contributed by atoms with Crippen LogP contribution in [0.15, 0.2) is 11.6 Å². The van der Waals surface area contributed by atoms with Gasteiger partial charge in [0.1, 0.15) is 0 Å². The third kappa shape index (κ3) is 3.29. The molecule has 3 heteroatoms. The van der Waals surface area contributed by atoms with Gasteiger partial charge in [-0.1, -0.05) is 18.6 Å². The lowest BCUT2D eigenvalue weighted by molar-refractivity contribution is -0.137. The maximum absolute atomic E-state index is 10.9. The first-order chi connectivity index (χ1) is 12.0. The van der Waals surface area contributed by atoms with Gasteiger partial charge in [0.25, 0.3) is 0 Å². The van der Waals surface area contributed by atoms with Gasteiger partial charge in [0.15, 0.2) is 0 Å². The van der Waals surface area contributed by atoms with Gasteiger partial charge in [-0.3, -0.25) is 4.79 Å². The van der Waals surface area contributed by atoms with Crippen LogP contribution in [0.2, 0.25) is 0 Å². The van der Waals surface area contributed by atoms with Crippen molar-refractivity contribution in [2.24, 2.45) is 41.4 Å². The van der Waals surface area contributed by atoms with Gasteiger partial charge in [0.05, 0.1) is 6.10 Å². The predicted molar refractivity (Wildman–Crippen MR) is 98.0 cm³/mol. The van der Waals surface area contributed by atoms with Gasteiger partial charge in [-0.2, -0.15) is 0 Å². The Kier molecular flexibility index (Phi) is 4.96. The van der Waals surface area contributed by atoms with Crippen LogP contribution in [-0.2, 0) is 4.79 Å². The standard InChI is InChI=1S/C22H34O3/c1-13(2-11-22(24)25)16-7-8-21-18(16)9-10-19-17-6-4-15(23)12-14(17)3-5-20(19)21/h3,13,15-21,23H,2,4-12H2,1H3,(H,24,25). The predicted octanol–water partition coefficient (Wildman–Crippen LogP) is 4.65. The van der Waals surface area contributed by atoms with E-state index in [0.717, 1.165) is 54.8 Å². The molecule has 4 aliphatic carbocycles.